The number of unbranched alkanes of at least 4 members (excludes halogenated alkanes) is 4. The molecule has 1 aliphatic rings. The molecule has 0 aromatic rings. The summed E-state index contributed by atoms with van der Waals surface area (Å²) in [5.74, 6) is 0.549. The molecule has 0 bridgehead atoms. The predicted molar refractivity (Wildman–Crippen MR) is 117 cm³/mol. The van der Waals surface area contributed by atoms with Crippen LogP contribution >= 0.6 is 0 Å². The van der Waals surface area contributed by atoms with Crippen molar-refractivity contribution in [3.05, 3.63) is 12.7 Å². The molecule has 0 radical (unpaired) electrons. The molecule has 5 heteroatoms. The first kappa shape index (κ1) is 25.0. The smallest absolute Gasteiger partial charge is 0.407 e. The number of carbonyl (C=O) groups excluding carboxylic acids is 1. The van der Waals surface area contributed by atoms with E-state index in [1.165, 1.54) is 32.1 Å². The van der Waals surface area contributed by atoms with Crippen LogP contribution in [0.15, 0.2) is 12.7 Å². The third-order valence-corrected chi connectivity index (χ3v) is 5.10. The molecule has 1 rings (SSSR count). The van der Waals surface area contributed by atoms with Crippen molar-refractivity contribution in [3.8, 4) is 0 Å². The Hall–Kier alpha value is -1.07. The first-order valence-corrected chi connectivity index (χ1v) is 11.3. The van der Waals surface area contributed by atoms with Gasteiger partial charge in [-0.25, -0.2) is 4.79 Å². The lowest BCUT2D eigenvalue weighted by Gasteiger charge is -2.29. The summed E-state index contributed by atoms with van der Waals surface area (Å²) in [6, 6.07) is 0. The maximum absolute atomic E-state index is 11.7. The Bertz CT molecular complexity index is 413. The highest BCUT2D eigenvalue weighted by atomic mass is 16.6. The minimum absolute atomic E-state index is 0.307. The van der Waals surface area contributed by atoms with Gasteiger partial charge in [0, 0.05) is 13.2 Å². The van der Waals surface area contributed by atoms with Crippen molar-refractivity contribution in [1.82, 2.24) is 10.6 Å². The van der Waals surface area contributed by atoms with Crippen LogP contribution in [0.2, 0.25) is 0 Å². The summed E-state index contributed by atoms with van der Waals surface area (Å²) in [4.78, 5) is 11.7. The summed E-state index contributed by atoms with van der Waals surface area (Å²) in [6.07, 6.45) is 13.9. The number of alkyl carbamates (subject to hydrolysis) is 1. The van der Waals surface area contributed by atoms with Gasteiger partial charge in [0.1, 0.15) is 5.60 Å². The molecule has 164 valence electrons. The van der Waals surface area contributed by atoms with E-state index in [9.17, 15) is 4.79 Å². The molecule has 28 heavy (non-hydrogen) atoms. The van der Waals surface area contributed by atoms with Crippen LogP contribution in [0.3, 0.4) is 0 Å². The lowest BCUT2D eigenvalue weighted by molar-refractivity contribution is 0.0153. The SMILES string of the molecule is C=CCCNCCCCCCCOC1CCC(CNC(=O)OC(C)(C)C)CC1. The maximum atomic E-state index is 11.7. The fourth-order valence-corrected chi connectivity index (χ4v) is 3.51. The zero-order valence-electron chi connectivity index (χ0n) is 18.6. The largest absolute Gasteiger partial charge is 0.444 e. The number of amides is 1. The van der Waals surface area contributed by atoms with Crippen LogP contribution in [0.4, 0.5) is 4.79 Å². The van der Waals surface area contributed by atoms with Crippen LogP contribution in [-0.2, 0) is 9.47 Å². The number of hydrogen-bond acceptors (Lipinski definition) is 4. The monoisotopic (exact) mass is 396 g/mol. The van der Waals surface area contributed by atoms with Crippen LogP contribution in [0.25, 0.3) is 0 Å². The van der Waals surface area contributed by atoms with Gasteiger partial charge in [-0.05, 0) is 84.7 Å². The van der Waals surface area contributed by atoms with Gasteiger partial charge >= 0.3 is 6.09 Å². The molecule has 0 aromatic heterocycles. The molecule has 5 nitrogen and oxygen atoms in total. The zero-order valence-corrected chi connectivity index (χ0v) is 18.6. The standard InChI is InChI=1S/C23H44N2O3/c1-5-6-16-24-17-10-8-7-9-11-18-27-21-14-12-20(13-15-21)19-25-22(26)28-23(2,3)4/h5,20-21,24H,1,6-19H2,2-4H3,(H,25,26). The van der Waals surface area contributed by atoms with Crippen molar-refractivity contribution in [3.63, 3.8) is 0 Å². The second-order valence-corrected chi connectivity index (χ2v) is 8.99. The van der Waals surface area contributed by atoms with Gasteiger partial charge in [0.15, 0.2) is 0 Å². The fraction of sp³-hybridized carbons (Fsp3) is 0.870. The van der Waals surface area contributed by atoms with E-state index < -0.39 is 5.60 Å². The van der Waals surface area contributed by atoms with Crippen molar-refractivity contribution in [2.24, 2.45) is 5.92 Å². The van der Waals surface area contributed by atoms with E-state index in [2.05, 4.69) is 17.2 Å². The zero-order chi connectivity index (χ0) is 20.7. The third-order valence-electron chi connectivity index (χ3n) is 5.10. The van der Waals surface area contributed by atoms with Gasteiger partial charge in [-0.15, -0.1) is 6.58 Å². The minimum Gasteiger partial charge on any atom is -0.444 e. The van der Waals surface area contributed by atoms with Crippen LogP contribution < -0.4 is 10.6 Å². The average molecular weight is 397 g/mol. The van der Waals surface area contributed by atoms with E-state index in [0.717, 1.165) is 51.8 Å². The third kappa shape index (κ3) is 14.0. The molecule has 0 heterocycles. The Kier molecular flexibility index (Phi) is 13.3. The number of carbonyl (C=O) groups is 1. The Morgan fingerprint density at radius 3 is 2.39 bits per heavy atom. The molecule has 2 N–H and O–H groups in total. The van der Waals surface area contributed by atoms with Crippen molar-refractivity contribution < 1.29 is 14.3 Å². The second kappa shape index (κ2) is 14.9. The minimum atomic E-state index is -0.433. The Balaban J connectivity index is 1.91. The molecule has 0 saturated heterocycles. The summed E-state index contributed by atoms with van der Waals surface area (Å²) in [5, 5.41) is 6.34. The maximum Gasteiger partial charge on any atom is 0.407 e. The van der Waals surface area contributed by atoms with E-state index in [-0.39, 0.29) is 6.09 Å². The summed E-state index contributed by atoms with van der Waals surface area (Å²) < 4.78 is 11.4. The average Bonchev–Trinajstić information content (AvgIpc) is 2.64. The highest BCUT2D eigenvalue weighted by Gasteiger charge is 2.23. The number of hydrogen-bond donors (Lipinski definition) is 2. The van der Waals surface area contributed by atoms with Crippen LogP contribution in [0.1, 0.15) is 85.0 Å². The first-order chi connectivity index (χ1) is 13.4. The van der Waals surface area contributed by atoms with Crippen molar-refractivity contribution in [2.45, 2.75) is 96.7 Å². The molecular weight excluding hydrogens is 352 g/mol. The van der Waals surface area contributed by atoms with Crippen LogP contribution in [-0.4, -0.2) is 44.0 Å². The van der Waals surface area contributed by atoms with Crippen LogP contribution in [0.5, 0.6) is 0 Å². The number of ether oxygens (including phenoxy) is 2. The molecular formula is C23H44N2O3. The van der Waals surface area contributed by atoms with Crippen molar-refractivity contribution >= 4 is 6.09 Å². The van der Waals surface area contributed by atoms with Gasteiger partial charge in [0.2, 0.25) is 0 Å². The molecule has 0 aliphatic heterocycles. The highest BCUT2D eigenvalue weighted by molar-refractivity contribution is 5.67. The number of nitrogens with one attached hydrogen (secondary N) is 2. The Morgan fingerprint density at radius 2 is 1.71 bits per heavy atom. The summed E-state index contributed by atoms with van der Waals surface area (Å²) >= 11 is 0. The topological polar surface area (TPSA) is 59.6 Å². The molecule has 1 amide bonds. The van der Waals surface area contributed by atoms with E-state index in [1.807, 2.05) is 26.8 Å². The molecule has 1 aliphatic carbocycles. The summed E-state index contributed by atoms with van der Waals surface area (Å²) in [6.45, 7) is 13.2. The Morgan fingerprint density at radius 1 is 1.04 bits per heavy atom. The number of rotatable bonds is 14. The van der Waals surface area contributed by atoms with E-state index in [1.54, 1.807) is 0 Å². The quantitative estimate of drug-likeness (QED) is 0.313. The molecule has 1 saturated carbocycles. The lowest BCUT2D eigenvalue weighted by Crippen LogP contribution is -2.36. The van der Waals surface area contributed by atoms with Gasteiger partial charge in [0.05, 0.1) is 6.10 Å². The van der Waals surface area contributed by atoms with Gasteiger partial charge in [-0.1, -0.05) is 25.3 Å². The molecule has 0 atom stereocenters. The van der Waals surface area contributed by atoms with Crippen LogP contribution in [0, 0.1) is 5.92 Å². The molecule has 0 aromatic carbocycles. The normalized spacial score (nSPS) is 20.0. The first-order valence-electron chi connectivity index (χ1n) is 11.3. The molecule has 0 spiro atoms. The van der Waals surface area contributed by atoms with E-state index in [4.69, 9.17) is 9.47 Å². The van der Waals surface area contributed by atoms with Gasteiger partial charge in [0.25, 0.3) is 0 Å². The van der Waals surface area contributed by atoms with Gasteiger partial charge in [-0.3, -0.25) is 0 Å². The van der Waals surface area contributed by atoms with Gasteiger partial charge < -0.3 is 20.1 Å². The predicted octanol–water partition coefficient (Wildman–Crippen LogP) is 5.20. The van der Waals surface area contributed by atoms with E-state index in [0.29, 0.717) is 18.6 Å². The highest BCUT2D eigenvalue weighted by Crippen LogP contribution is 2.26. The van der Waals surface area contributed by atoms with Gasteiger partial charge in [-0.2, -0.15) is 0 Å². The fourth-order valence-electron chi connectivity index (χ4n) is 3.51. The Labute approximate surface area is 173 Å². The molecule has 1 fully saturated rings. The van der Waals surface area contributed by atoms with Crippen molar-refractivity contribution in [1.29, 1.82) is 0 Å². The molecule has 0 unspecified atom stereocenters. The summed E-state index contributed by atoms with van der Waals surface area (Å²) in [5.41, 5.74) is -0.433. The lowest BCUT2D eigenvalue weighted by atomic mass is 9.87. The summed E-state index contributed by atoms with van der Waals surface area (Å²) in [7, 11) is 0. The van der Waals surface area contributed by atoms with Crippen molar-refractivity contribution in [2.75, 3.05) is 26.2 Å². The second-order valence-electron chi connectivity index (χ2n) is 8.99. The van der Waals surface area contributed by atoms with E-state index >= 15 is 0 Å².